The van der Waals surface area contributed by atoms with E-state index in [2.05, 4.69) is 26.0 Å². The second-order valence-electron chi connectivity index (χ2n) is 7.24. The summed E-state index contributed by atoms with van der Waals surface area (Å²) in [5.74, 6) is 0.123. The predicted octanol–water partition coefficient (Wildman–Crippen LogP) is 4.04. The Bertz CT molecular complexity index is 1250. The number of benzene rings is 2. The van der Waals surface area contributed by atoms with Crippen molar-refractivity contribution in [3.05, 3.63) is 56.5 Å². The molecule has 0 saturated heterocycles. The highest BCUT2D eigenvalue weighted by Crippen LogP contribution is 2.38. The zero-order valence-electron chi connectivity index (χ0n) is 18.7. The van der Waals surface area contributed by atoms with Crippen molar-refractivity contribution in [1.82, 2.24) is 9.66 Å². The molecule has 33 heavy (non-hydrogen) atoms. The Morgan fingerprint density at radius 2 is 1.91 bits per heavy atom. The van der Waals surface area contributed by atoms with Gasteiger partial charge in [-0.15, -0.1) is 0 Å². The molecule has 1 N–H and O–H groups in total. The quantitative estimate of drug-likeness (QED) is 0.426. The molecule has 3 aromatic rings. The molecule has 0 radical (unpaired) electrons. The Labute approximate surface area is 198 Å². The summed E-state index contributed by atoms with van der Waals surface area (Å²) < 4.78 is 18.1. The van der Waals surface area contributed by atoms with Crippen molar-refractivity contribution in [3.8, 4) is 17.2 Å². The lowest BCUT2D eigenvalue weighted by Gasteiger charge is -2.15. The van der Waals surface area contributed by atoms with E-state index in [1.807, 2.05) is 19.9 Å². The number of carboxylic acid groups (broad SMARTS) is 1. The van der Waals surface area contributed by atoms with E-state index in [9.17, 15) is 9.59 Å². The number of methoxy groups -OCH3 is 2. The maximum absolute atomic E-state index is 13.3. The summed E-state index contributed by atoms with van der Waals surface area (Å²) in [7, 11) is 2.86. The molecule has 0 aliphatic carbocycles. The van der Waals surface area contributed by atoms with Crippen LogP contribution in [-0.2, 0) is 4.79 Å². The van der Waals surface area contributed by atoms with Crippen molar-refractivity contribution in [3.63, 3.8) is 0 Å². The number of carbonyl (C=O) groups is 1. The van der Waals surface area contributed by atoms with Crippen molar-refractivity contribution < 1.29 is 24.1 Å². The number of ether oxygens (including phenoxy) is 3. The fourth-order valence-electron chi connectivity index (χ4n) is 3.15. The van der Waals surface area contributed by atoms with Crippen LogP contribution in [0.4, 0.5) is 0 Å². The number of fused-ring (bicyclic) bond motifs is 1. The van der Waals surface area contributed by atoms with Crippen molar-refractivity contribution in [2.45, 2.75) is 26.2 Å². The number of carboxylic acids is 1. The van der Waals surface area contributed by atoms with Gasteiger partial charge in [-0.3, -0.25) is 4.79 Å². The van der Waals surface area contributed by atoms with Crippen LogP contribution < -0.4 is 19.8 Å². The van der Waals surface area contributed by atoms with E-state index in [4.69, 9.17) is 19.3 Å². The molecule has 9 nitrogen and oxygen atoms in total. The normalized spacial score (nSPS) is 12.2. The lowest BCUT2D eigenvalue weighted by Crippen LogP contribution is -2.23. The predicted molar refractivity (Wildman–Crippen MR) is 128 cm³/mol. The Balaban J connectivity index is 2.12. The van der Waals surface area contributed by atoms with Gasteiger partial charge in [0.1, 0.15) is 5.82 Å². The Kier molecular flexibility index (Phi) is 7.70. The van der Waals surface area contributed by atoms with Crippen molar-refractivity contribution in [2.24, 2.45) is 5.10 Å². The molecule has 0 aliphatic heterocycles. The van der Waals surface area contributed by atoms with Gasteiger partial charge in [0.2, 0.25) is 5.75 Å². The van der Waals surface area contributed by atoms with Gasteiger partial charge < -0.3 is 19.3 Å². The van der Waals surface area contributed by atoms with Crippen LogP contribution in [-0.4, -0.2) is 47.8 Å². The van der Waals surface area contributed by atoms with Crippen LogP contribution in [0.15, 0.2) is 44.7 Å². The molecule has 0 amide bonds. The van der Waals surface area contributed by atoms with E-state index < -0.39 is 12.6 Å². The molecule has 0 unspecified atom stereocenters. The second kappa shape index (κ2) is 10.5. The first-order valence-corrected chi connectivity index (χ1v) is 11.0. The topological polar surface area (TPSA) is 112 Å². The van der Waals surface area contributed by atoms with E-state index in [0.29, 0.717) is 22.3 Å². The molecule has 1 atom stereocenters. The number of nitrogens with zero attached hydrogens (tertiary/aromatic N) is 3. The van der Waals surface area contributed by atoms with Crippen LogP contribution in [0.2, 0.25) is 0 Å². The minimum Gasteiger partial charge on any atom is -0.493 e. The van der Waals surface area contributed by atoms with Crippen LogP contribution in [0.5, 0.6) is 17.2 Å². The zero-order chi connectivity index (χ0) is 24.1. The van der Waals surface area contributed by atoms with Crippen LogP contribution in [0, 0.1) is 0 Å². The number of halogens is 1. The first-order valence-electron chi connectivity index (χ1n) is 10.2. The van der Waals surface area contributed by atoms with Gasteiger partial charge in [-0.2, -0.15) is 9.78 Å². The number of aliphatic carboxylic acids is 1. The largest absolute Gasteiger partial charge is 0.493 e. The third kappa shape index (κ3) is 5.33. The molecule has 0 spiro atoms. The minimum atomic E-state index is -1.13. The van der Waals surface area contributed by atoms with Gasteiger partial charge in [0, 0.05) is 16.0 Å². The van der Waals surface area contributed by atoms with Crippen LogP contribution in [0.1, 0.15) is 37.6 Å². The van der Waals surface area contributed by atoms with Crippen molar-refractivity contribution in [2.75, 3.05) is 20.8 Å². The fourth-order valence-corrected chi connectivity index (χ4v) is 3.52. The standard InChI is InChI=1S/C23H24BrN3O6/c1-5-13(2)22-26-17-7-6-15(24)10-16(17)23(30)27(22)25-11-14-8-18(31-3)21(19(9-14)32-4)33-12-20(28)29/h6-11,13H,5,12H2,1-4H3,(H,28,29)/t13-/m1/s1. The Morgan fingerprint density at radius 1 is 1.24 bits per heavy atom. The highest BCUT2D eigenvalue weighted by atomic mass is 79.9. The first kappa shape index (κ1) is 24.2. The molecule has 1 aromatic heterocycles. The van der Waals surface area contributed by atoms with E-state index >= 15 is 0 Å². The maximum Gasteiger partial charge on any atom is 0.341 e. The van der Waals surface area contributed by atoms with Gasteiger partial charge >= 0.3 is 5.97 Å². The summed E-state index contributed by atoms with van der Waals surface area (Å²) >= 11 is 3.40. The van der Waals surface area contributed by atoms with Gasteiger partial charge in [-0.05, 0) is 36.8 Å². The summed E-state index contributed by atoms with van der Waals surface area (Å²) in [5.41, 5.74) is 0.879. The molecule has 1 heterocycles. The average Bonchev–Trinajstić information content (AvgIpc) is 2.81. The van der Waals surface area contributed by atoms with Crippen LogP contribution in [0.25, 0.3) is 10.9 Å². The molecule has 0 bridgehead atoms. The fraction of sp³-hybridized carbons (Fsp3) is 0.304. The molecule has 0 aliphatic rings. The van der Waals surface area contributed by atoms with Crippen molar-refractivity contribution >= 4 is 39.0 Å². The summed E-state index contributed by atoms with van der Waals surface area (Å²) in [4.78, 5) is 28.8. The first-order chi connectivity index (χ1) is 15.8. The third-order valence-electron chi connectivity index (χ3n) is 5.03. The number of hydrogen-bond donors (Lipinski definition) is 1. The zero-order valence-corrected chi connectivity index (χ0v) is 20.2. The van der Waals surface area contributed by atoms with Gasteiger partial charge in [0.15, 0.2) is 18.1 Å². The van der Waals surface area contributed by atoms with Gasteiger partial charge in [0.05, 0.1) is 31.3 Å². The highest BCUT2D eigenvalue weighted by molar-refractivity contribution is 9.10. The maximum atomic E-state index is 13.3. The van der Waals surface area contributed by atoms with E-state index in [-0.39, 0.29) is 28.7 Å². The van der Waals surface area contributed by atoms with E-state index in [0.717, 1.165) is 10.9 Å². The molecule has 10 heteroatoms. The van der Waals surface area contributed by atoms with Crippen LogP contribution >= 0.6 is 15.9 Å². The second-order valence-corrected chi connectivity index (χ2v) is 8.15. The third-order valence-corrected chi connectivity index (χ3v) is 5.52. The Morgan fingerprint density at radius 3 is 2.48 bits per heavy atom. The number of hydrogen-bond acceptors (Lipinski definition) is 7. The molecule has 2 aromatic carbocycles. The molecule has 174 valence electrons. The summed E-state index contributed by atoms with van der Waals surface area (Å²) in [6.45, 7) is 3.45. The molecular formula is C23H24BrN3O6. The average molecular weight is 518 g/mol. The van der Waals surface area contributed by atoms with Gasteiger partial charge in [-0.25, -0.2) is 9.78 Å². The summed E-state index contributed by atoms with van der Waals surface area (Å²) in [5, 5.41) is 13.8. The lowest BCUT2D eigenvalue weighted by atomic mass is 10.1. The molecule has 0 fully saturated rings. The smallest absolute Gasteiger partial charge is 0.341 e. The molecule has 3 rings (SSSR count). The summed E-state index contributed by atoms with van der Waals surface area (Å²) in [6, 6.07) is 8.59. The van der Waals surface area contributed by atoms with Crippen LogP contribution in [0.3, 0.4) is 0 Å². The molecule has 0 saturated carbocycles. The van der Waals surface area contributed by atoms with Gasteiger partial charge in [-0.1, -0.05) is 29.8 Å². The molecular weight excluding hydrogens is 494 g/mol. The van der Waals surface area contributed by atoms with Gasteiger partial charge in [0.25, 0.3) is 5.56 Å². The van der Waals surface area contributed by atoms with Crippen molar-refractivity contribution in [1.29, 1.82) is 0 Å². The summed E-state index contributed by atoms with van der Waals surface area (Å²) in [6.07, 6.45) is 2.27. The SMILES string of the molecule is CC[C@@H](C)c1nc2ccc(Br)cc2c(=O)n1N=Cc1cc(OC)c(OCC(=O)O)c(OC)c1. The van der Waals surface area contributed by atoms with E-state index in [1.54, 1.807) is 24.3 Å². The number of rotatable bonds is 9. The lowest BCUT2D eigenvalue weighted by molar-refractivity contribution is -0.139. The van der Waals surface area contributed by atoms with E-state index in [1.165, 1.54) is 25.1 Å². The Hall–Kier alpha value is -3.40. The number of aromatic nitrogens is 2. The monoisotopic (exact) mass is 517 g/mol. The highest BCUT2D eigenvalue weighted by Gasteiger charge is 2.17. The minimum absolute atomic E-state index is 0.00114.